The molecule has 1 aliphatic rings. The SMILES string of the molecule is CC(C)N(C(=O)CN1CCCC(C(=O)NCCN)C1)c1ccccc1.Cl. The third kappa shape index (κ3) is 6.27. The van der Waals surface area contributed by atoms with Gasteiger partial charge in [-0.25, -0.2) is 0 Å². The number of nitrogens with two attached hydrogens (primary N) is 1. The van der Waals surface area contributed by atoms with Crippen molar-refractivity contribution in [2.24, 2.45) is 11.7 Å². The van der Waals surface area contributed by atoms with Crippen LogP contribution >= 0.6 is 12.4 Å². The zero-order valence-corrected chi connectivity index (χ0v) is 16.5. The molecule has 7 heteroatoms. The number of piperidine rings is 1. The molecule has 0 radical (unpaired) electrons. The summed E-state index contributed by atoms with van der Waals surface area (Å²) in [5.74, 6) is 0.0629. The van der Waals surface area contributed by atoms with Gasteiger partial charge in [0, 0.05) is 31.4 Å². The van der Waals surface area contributed by atoms with Crippen molar-refractivity contribution in [3.63, 3.8) is 0 Å². The van der Waals surface area contributed by atoms with Crippen LogP contribution in [0.1, 0.15) is 26.7 Å². The average molecular weight is 383 g/mol. The minimum atomic E-state index is -0.0580. The second-order valence-corrected chi connectivity index (χ2v) is 6.85. The van der Waals surface area contributed by atoms with E-state index in [-0.39, 0.29) is 36.2 Å². The maximum Gasteiger partial charge on any atom is 0.241 e. The monoisotopic (exact) mass is 382 g/mol. The Labute approximate surface area is 162 Å². The summed E-state index contributed by atoms with van der Waals surface area (Å²) < 4.78 is 0. The van der Waals surface area contributed by atoms with Gasteiger partial charge >= 0.3 is 0 Å². The number of nitrogens with zero attached hydrogens (tertiary/aromatic N) is 2. The first-order valence-corrected chi connectivity index (χ1v) is 9.10. The number of hydrogen-bond donors (Lipinski definition) is 2. The first-order chi connectivity index (χ1) is 12.0. The standard InChI is InChI=1S/C19H30N4O2.ClH/c1-15(2)23(17-8-4-3-5-9-17)18(24)14-22-12-6-7-16(13-22)19(25)21-11-10-20;/h3-5,8-9,15-16H,6-7,10-14,20H2,1-2H3,(H,21,25);1H. The summed E-state index contributed by atoms with van der Waals surface area (Å²) in [6, 6.07) is 9.83. The van der Waals surface area contributed by atoms with Gasteiger partial charge in [0.05, 0.1) is 12.5 Å². The fourth-order valence-corrected chi connectivity index (χ4v) is 3.34. The number of para-hydroxylation sites is 1. The molecule has 2 amide bonds. The van der Waals surface area contributed by atoms with E-state index in [1.165, 1.54) is 0 Å². The number of carbonyl (C=O) groups excluding carboxylic acids is 2. The lowest BCUT2D eigenvalue weighted by atomic mass is 9.97. The molecule has 1 aromatic carbocycles. The molecule has 0 saturated carbocycles. The van der Waals surface area contributed by atoms with Gasteiger partial charge in [0.25, 0.3) is 0 Å². The second kappa shape index (κ2) is 11.2. The highest BCUT2D eigenvalue weighted by molar-refractivity contribution is 5.95. The number of amides is 2. The summed E-state index contributed by atoms with van der Waals surface area (Å²) in [5, 5.41) is 2.86. The number of benzene rings is 1. The van der Waals surface area contributed by atoms with Crippen molar-refractivity contribution in [2.75, 3.05) is 37.6 Å². The van der Waals surface area contributed by atoms with Crippen LogP contribution in [-0.2, 0) is 9.59 Å². The van der Waals surface area contributed by atoms with Crippen LogP contribution in [0.5, 0.6) is 0 Å². The smallest absolute Gasteiger partial charge is 0.241 e. The number of rotatable bonds is 7. The Kier molecular flexibility index (Phi) is 9.62. The number of nitrogens with one attached hydrogen (secondary N) is 1. The number of carbonyl (C=O) groups is 2. The summed E-state index contributed by atoms with van der Waals surface area (Å²) in [5.41, 5.74) is 6.35. The molecule has 1 unspecified atom stereocenters. The minimum absolute atomic E-state index is 0. The normalized spacial score (nSPS) is 17.5. The predicted octanol–water partition coefficient (Wildman–Crippen LogP) is 1.64. The molecular weight excluding hydrogens is 352 g/mol. The maximum absolute atomic E-state index is 12.9. The second-order valence-electron chi connectivity index (χ2n) is 6.85. The van der Waals surface area contributed by atoms with Gasteiger partial charge in [-0.3, -0.25) is 14.5 Å². The van der Waals surface area contributed by atoms with Gasteiger partial charge in [0.2, 0.25) is 11.8 Å². The van der Waals surface area contributed by atoms with Crippen molar-refractivity contribution < 1.29 is 9.59 Å². The summed E-state index contributed by atoms with van der Waals surface area (Å²) in [6.45, 7) is 6.81. The van der Waals surface area contributed by atoms with Crippen LogP contribution in [0.15, 0.2) is 30.3 Å². The number of anilines is 1. The Morgan fingerprint density at radius 1 is 1.31 bits per heavy atom. The first kappa shape index (κ1) is 22.4. The van der Waals surface area contributed by atoms with Gasteiger partial charge < -0.3 is 16.0 Å². The number of hydrogen-bond acceptors (Lipinski definition) is 4. The molecule has 0 aromatic heterocycles. The van der Waals surface area contributed by atoms with Gasteiger partial charge in [-0.15, -0.1) is 12.4 Å². The van der Waals surface area contributed by atoms with E-state index >= 15 is 0 Å². The number of halogens is 1. The average Bonchev–Trinajstić information content (AvgIpc) is 2.60. The van der Waals surface area contributed by atoms with Crippen LogP contribution in [0, 0.1) is 5.92 Å². The predicted molar refractivity (Wildman–Crippen MR) is 108 cm³/mol. The van der Waals surface area contributed by atoms with Crippen molar-refractivity contribution in [1.29, 1.82) is 0 Å². The molecule has 6 nitrogen and oxygen atoms in total. The van der Waals surface area contributed by atoms with E-state index in [4.69, 9.17) is 5.73 Å². The summed E-state index contributed by atoms with van der Waals surface area (Å²) in [7, 11) is 0. The zero-order chi connectivity index (χ0) is 18.2. The molecule has 2 rings (SSSR count). The Bertz CT molecular complexity index is 568. The molecule has 3 N–H and O–H groups in total. The third-order valence-electron chi connectivity index (χ3n) is 4.50. The molecule has 26 heavy (non-hydrogen) atoms. The van der Waals surface area contributed by atoms with E-state index < -0.39 is 0 Å². The lowest BCUT2D eigenvalue weighted by molar-refractivity contribution is -0.128. The highest BCUT2D eigenvalue weighted by atomic mass is 35.5. The van der Waals surface area contributed by atoms with Gasteiger partial charge in [0.1, 0.15) is 0 Å². The van der Waals surface area contributed by atoms with Crippen molar-refractivity contribution in [1.82, 2.24) is 10.2 Å². The highest BCUT2D eigenvalue weighted by Gasteiger charge is 2.28. The largest absolute Gasteiger partial charge is 0.355 e. The molecule has 1 fully saturated rings. The molecule has 1 aliphatic heterocycles. The van der Waals surface area contributed by atoms with Crippen LogP contribution in [0.2, 0.25) is 0 Å². The van der Waals surface area contributed by atoms with Gasteiger partial charge in [0.15, 0.2) is 0 Å². The van der Waals surface area contributed by atoms with Crippen molar-refractivity contribution in [3.8, 4) is 0 Å². The van der Waals surface area contributed by atoms with E-state index in [0.29, 0.717) is 26.2 Å². The fourth-order valence-electron chi connectivity index (χ4n) is 3.34. The van der Waals surface area contributed by atoms with E-state index in [1.54, 1.807) is 0 Å². The number of likely N-dealkylation sites (tertiary alicyclic amines) is 1. The van der Waals surface area contributed by atoms with Gasteiger partial charge in [-0.05, 0) is 45.4 Å². The molecular formula is C19H31ClN4O2. The molecule has 0 bridgehead atoms. The van der Waals surface area contributed by atoms with Crippen LogP contribution in [0.4, 0.5) is 5.69 Å². The first-order valence-electron chi connectivity index (χ1n) is 9.10. The maximum atomic E-state index is 12.9. The summed E-state index contributed by atoms with van der Waals surface area (Å²) in [4.78, 5) is 29.0. The highest BCUT2D eigenvalue weighted by Crippen LogP contribution is 2.20. The Hall–Kier alpha value is -1.63. The van der Waals surface area contributed by atoms with Crippen LogP contribution in [-0.4, -0.2) is 55.5 Å². The van der Waals surface area contributed by atoms with Gasteiger partial charge in [-0.1, -0.05) is 18.2 Å². The Morgan fingerprint density at radius 3 is 2.62 bits per heavy atom. The molecule has 1 atom stereocenters. The van der Waals surface area contributed by atoms with E-state index in [0.717, 1.165) is 25.1 Å². The molecule has 1 saturated heterocycles. The van der Waals surface area contributed by atoms with Crippen LogP contribution in [0.25, 0.3) is 0 Å². The van der Waals surface area contributed by atoms with E-state index in [2.05, 4.69) is 10.2 Å². The molecule has 0 spiro atoms. The van der Waals surface area contributed by atoms with E-state index in [1.807, 2.05) is 49.1 Å². The van der Waals surface area contributed by atoms with Crippen LogP contribution < -0.4 is 16.0 Å². The Morgan fingerprint density at radius 2 is 2.00 bits per heavy atom. The van der Waals surface area contributed by atoms with Gasteiger partial charge in [-0.2, -0.15) is 0 Å². The van der Waals surface area contributed by atoms with Crippen molar-refractivity contribution in [2.45, 2.75) is 32.7 Å². The van der Waals surface area contributed by atoms with Crippen LogP contribution in [0.3, 0.4) is 0 Å². The third-order valence-corrected chi connectivity index (χ3v) is 4.50. The topological polar surface area (TPSA) is 78.7 Å². The molecule has 0 aliphatic carbocycles. The zero-order valence-electron chi connectivity index (χ0n) is 15.7. The summed E-state index contributed by atoms with van der Waals surface area (Å²) >= 11 is 0. The van der Waals surface area contributed by atoms with E-state index in [9.17, 15) is 9.59 Å². The quantitative estimate of drug-likeness (QED) is 0.751. The molecule has 1 aromatic rings. The lowest BCUT2D eigenvalue weighted by Gasteiger charge is -2.34. The van der Waals surface area contributed by atoms with Crippen molar-refractivity contribution in [3.05, 3.63) is 30.3 Å². The minimum Gasteiger partial charge on any atom is -0.355 e. The molecule has 1 heterocycles. The summed E-state index contributed by atoms with van der Waals surface area (Å²) in [6.07, 6.45) is 1.80. The van der Waals surface area contributed by atoms with Crippen molar-refractivity contribution >= 4 is 29.9 Å². The lowest BCUT2D eigenvalue weighted by Crippen LogP contribution is -2.49. The fraction of sp³-hybridized carbons (Fsp3) is 0.579. The molecule has 146 valence electrons. The Balaban J connectivity index is 0.00000338.